The predicted octanol–water partition coefficient (Wildman–Crippen LogP) is 3.98. The van der Waals surface area contributed by atoms with Gasteiger partial charge in [-0.15, -0.1) is 0 Å². The molecule has 0 amide bonds. The molecular weight excluding hydrogens is 279 g/mol. The van der Waals surface area contributed by atoms with Gasteiger partial charge in [0.1, 0.15) is 11.6 Å². The first-order chi connectivity index (χ1) is 10.8. The lowest BCUT2D eigenvalue weighted by molar-refractivity contribution is 0.142. The topological polar surface area (TPSA) is 18.5 Å². The summed E-state index contributed by atoms with van der Waals surface area (Å²) in [5, 5.41) is 0. The summed E-state index contributed by atoms with van der Waals surface area (Å²) in [6.07, 6.45) is 0. The van der Waals surface area contributed by atoms with E-state index in [2.05, 4.69) is 12.1 Å². The Morgan fingerprint density at radius 2 is 1.64 bits per heavy atom. The largest absolute Gasteiger partial charge is 0.497 e. The van der Waals surface area contributed by atoms with Crippen LogP contribution in [0, 0.1) is 17.7 Å². The summed E-state index contributed by atoms with van der Waals surface area (Å²) in [5.74, 6) is 2.50. The Kier molecular flexibility index (Phi) is 3.38. The highest BCUT2D eigenvalue weighted by atomic mass is 19.1. The van der Waals surface area contributed by atoms with Gasteiger partial charge in [0, 0.05) is 0 Å². The van der Waals surface area contributed by atoms with Crippen molar-refractivity contribution in [2.75, 3.05) is 20.3 Å². The van der Waals surface area contributed by atoms with Crippen LogP contribution in [-0.2, 0) is 4.74 Å². The number of halogens is 1. The molecule has 2 aromatic rings. The lowest BCUT2D eigenvalue weighted by atomic mass is 9.54. The van der Waals surface area contributed by atoms with E-state index in [4.69, 9.17) is 9.47 Å². The molecule has 0 unspecified atom stereocenters. The highest BCUT2D eigenvalue weighted by Gasteiger charge is 2.54. The maximum Gasteiger partial charge on any atom is 0.123 e. The highest BCUT2D eigenvalue weighted by Crippen LogP contribution is 2.60. The lowest BCUT2D eigenvalue weighted by Gasteiger charge is -2.48. The molecule has 4 atom stereocenters. The zero-order valence-electron chi connectivity index (χ0n) is 12.5. The Labute approximate surface area is 129 Å². The van der Waals surface area contributed by atoms with Gasteiger partial charge in [0.05, 0.1) is 20.3 Å². The van der Waals surface area contributed by atoms with E-state index >= 15 is 0 Å². The molecule has 0 bridgehead atoms. The lowest BCUT2D eigenvalue weighted by Crippen LogP contribution is -2.42. The molecule has 0 aromatic heterocycles. The molecule has 114 valence electrons. The van der Waals surface area contributed by atoms with Crippen molar-refractivity contribution in [3.05, 3.63) is 65.5 Å². The van der Waals surface area contributed by atoms with E-state index in [9.17, 15) is 4.39 Å². The van der Waals surface area contributed by atoms with Crippen molar-refractivity contribution in [3.8, 4) is 5.75 Å². The van der Waals surface area contributed by atoms with Crippen LogP contribution >= 0.6 is 0 Å². The minimum Gasteiger partial charge on any atom is -0.497 e. The van der Waals surface area contributed by atoms with Gasteiger partial charge < -0.3 is 9.47 Å². The quantitative estimate of drug-likeness (QED) is 0.853. The third kappa shape index (κ3) is 2.12. The molecule has 2 fully saturated rings. The second-order valence-electron chi connectivity index (χ2n) is 6.24. The fourth-order valence-electron chi connectivity index (χ4n) is 4.16. The molecule has 0 radical (unpaired) electrons. The third-order valence-electron chi connectivity index (χ3n) is 5.21. The summed E-state index contributed by atoms with van der Waals surface area (Å²) < 4.78 is 24.5. The summed E-state index contributed by atoms with van der Waals surface area (Å²) in [6.45, 7) is 1.60. The van der Waals surface area contributed by atoms with E-state index in [0.717, 1.165) is 24.5 Å². The number of benzene rings is 2. The van der Waals surface area contributed by atoms with Crippen LogP contribution in [0.3, 0.4) is 0 Å². The van der Waals surface area contributed by atoms with Crippen LogP contribution < -0.4 is 4.74 Å². The van der Waals surface area contributed by atoms with Crippen LogP contribution in [-0.4, -0.2) is 20.3 Å². The molecule has 22 heavy (non-hydrogen) atoms. The van der Waals surface area contributed by atoms with Crippen molar-refractivity contribution in [1.82, 2.24) is 0 Å². The fourth-order valence-corrected chi connectivity index (χ4v) is 4.16. The van der Waals surface area contributed by atoms with E-state index in [1.165, 1.54) is 11.6 Å². The molecule has 2 aliphatic rings. The van der Waals surface area contributed by atoms with Gasteiger partial charge >= 0.3 is 0 Å². The Bertz CT molecular complexity index is 667. The summed E-state index contributed by atoms with van der Waals surface area (Å²) in [7, 11) is 1.68. The molecule has 1 aliphatic carbocycles. The van der Waals surface area contributed by atoms with Crippen LogP contribution in [0.1, 0.15) is 23.0 Å². The summed E-state index contributed by atoms with van der Waals surface area (Å²) in [6, 6.07) is 15.3. The standard InChI is InChI=1S/C19H19FO2/c1-21-15-7-5-12(6-8-15)18-16-10-22-11-17(16)19(18)13-3-2-4-14(20)9-13/h2-9,16-19H,10-11H2,1H3/t16-,17+,18+,19-/m0/s1. The van der Waals surface area contributed by atoms with Crippen molar-refractivity contribution in [2.24, 2.45) is 11.8 Å². The Morgan fingerprint density at radius 3 is 2.27 bits per heavy atom. The predicted molar refractivity (Wildman–Crippen MR) is 82.7 cm³/mol. The van der Waals surface area contributed by atoms with Gasteiger partial charge in [0.15, 0.2) is 0 Å². The van der Waals surface area contributed by atoms with Crippen molar-refractivity contribution >= 4 is 0 Å². The molecule has 1 saturated heterocycles. The molecule has 1 aliphatic heterocycles. The molecule has 4 rings (SSSR count). The summed E-state index contributed by atoms with van der Waals surface area (Å²) >= 11 is 0. The van der Waals surface area contributed by atoms with Crippen LogP contribution in [0.2, 0.25) is 0 Å². The van der Waals surface area contributed by atoms with Crippen molar-refractivity contribution in [2.45, 2.75) is 11.8 Å². The number of fused-ring (bicyclic) bond motifs is 1. The zero-order valence-corrected chi connectivity index (χ0v) is 12.5. The number of rotatable bonds is 3. The minimum absolute atomic E-state index is 0.159. The smallest absolute Gasteiger partial charge is 0.123 e. The van der Waals surface area contributed by atoms with E-state index in [1.807, 2.05) is 18.2 Å². The molecule has 0 N–H and O–H groups in total. The zero-order chi connectivity index (χ0) is 15.1. The average molecular weight is 298 g/mol. The minimum atomic E-state index is -0.159. The van der Waals surface area contributed by atoms with E-state index in [-0.39, 0.29) is 5.82 Å². The van der Waals surface area contributed by atoms with Crippen LogP contribution in [0.4, 0.5) is 4.39 Å². The second-order valence-corrected chi connectivity index (χ2v) is 6.24. The number of methoxy groups -OCH3 is 1. The molecule has 1 saturated carbocycles. The van der Waals surface area contributed by atoms with Crippen LogP contribution in [0.25, 0.3) is 0 Å². The van der Waals surface area contributed by atoms with Crippen molar-refractivity contribution < 1.29 is 13.9 Å². The molecule has 0 spiro atoms. The van der Waals surface area contributed by atoms with Gasteiger partial charge in [0.2, 0.25) is 0 Å². The van der Waals surface area contributed by atoms with Gasteiger partial charge in [0.25, 0.3) is 0 Å². The molecular formula is C19H19FO2. The van der Waals surface area contributed by atoms with Crippen LogP contribution in [0.15, 0.2) is 48.5 Å². The van der Waals surface area contributed by atoms with Gasteiger partial charge in [-0.3, -0.25) is 0 Å². The summed E-state index contributed by atoms with van der Waals surface area (Å²) in [5.41, 5.74) is 2.38. The van der Waals surface area contributed by atoms with Gasteiger partial charge in [-0.05, 0) is 59.1 Å². The first kappa shape index (κ1) is 13.8. The maximum absolute atomic E-state index is 13.6. The average Bonchev–Trinajstić information content (AvgIpc) is 2.92. The van der Waals surface area contributed by atoms with Gasteiger partial charge in [-0.2, -0.15) is 0 Å². The molecule has 3 heteroatoms. The van der Waals surface area contributed by atoms with Crippen molar-refractivity contribution in [1.29, 1.82) is 0 Å². The number of hydrogen-bond acceptors (Lipinski definition) is 2. The molecule has 2 aromatic carbocycles. The second kappa shape index (κ2) is 5.40. The fraction of sp³-hybridized carbons (Fsp3) is 0.368. The normalized spacial score (nSPS) is 29.7. The SMILES string of the molecule is COc1ccc([C@@H]2[C@H]3COC[C@H]3[C@@H]2c2cccc(F)c2)cc1. The van der Waals surface area contributed by atoms with Gasteiger partial charge in [-0.1, -0.05) is 24.3 Å². The third-order valence-corrected chi connectivity index (χ3v) is 5.21. The first-order valence-electron chi connectivity index (χ1n) is 7.75. The first-order valence-corrected chi connectivity index (χ1v) is 7.75. The van der Waals surface area contributed by atoms with Crippen LogP contribution in [0.5, 0.6) is 5.75 Å². The molecule has 2 nitrogen and oxygen atoms in total. The van der Waals surface area contributed by atoms with Crippen molar-refractivity contribution in [3.63, 3.8) is 0 Å². The van der Waals surface area contributed by atoms with E-state index in [1.54, 1.807) is 19.2 Å². The van der Waals surface area contributed by atoms with Gasteiger partial charge in [-0.25, -0.2) is 4.39 Å². The highest BCUT2D eigenvalue weighted by molar-refractivity contribution is 5.38. The number of ether oxygens (including phenoxy) is 2. The summed E-state index contributed by atoms with van der Waals surface area (Å²) in [4.78, 5) is 0. The van der Waals surface area contributed by atoms with E-state index < -0.39 is 0 Å². The monoisotopic (exact) mass is 298 g/mol. The Morgan fingerprint density at radius 1 is 0.955 bits per heavy atom. The number of hydrogen-bond donors (Lipinski definition) is 0. The molecule has 1 heterocycles. The maximum atomic E-state index is 13.6. The Hall–Kier alpha value is -1.87. The van der Waals surface area contributed by atoms with E-state index in [0.29, 0.717) is 23.7 Å². The Balaban J connectivity index is 1.69.